The van der Waals surface area contributed by atoms with E-state index in [2.05, 4.69) is 45.0 Å². The minimum Gasteiger partial charge on any atom is -0.328 e. The summed E-state index contributed by atoms with van der Waals surface area (Å²) in [5.41, 5.74) is 8.71. The highest BCUT2D eigenvalue weighted by Gasteiger charge is 2.08. The topological polar surface area (TPSA) is 26.0 Å². The number of rotatable bonds is 5. The molecule has 0 saturated carbocycles. The molecule has 0 aromatic heterocycles. The van der Waals surface area contributed by atoms with Crippen molar-refractivity contribution in [3.8, 4) is 0 Å². The van der Waals surface area contributed by atoms with Crippen molar-refractivity contribution in [2.45, 2.75) is 52.0 Å². The van der Waals surface area contributed by atoms with Gasteiger partial charge >= 0.3 is 0 Å². The van der Waals surface area contributed by atoms with E-state index in [1.165, 1.54) is 24.0 Å². The van der Waals surface area contributed by atoms with Crippen LogP contribution in [0.1, 0.15) is 50.7 Å². The molecule has 1 aromatic rings. The SMILES string of the molecule is CCCc1cccc(C(C)CC(C)N)c1. The fourth-order valence-corrected chi connectivity index (χ4v) is 2.04. The van der Waals surface area contributed by atoms with E-state index in [1.54, 1.807) is 0 Å². The van der Waals surface area contributed by atoms with Crippen LogP contribution in [0.5, 0.6) is 0 Å². The Morgan fingerprint density at radius 1 is 1.27 bits per heavy atom. The summed E-state index contributed by atoms with van der Waals surface area (Å²) < 4.78 is 0. The molecule has 2 unspecified atom stereocenters. The molecule has 2 N–H and O–H groups in total. The molecule has 0 amide bonds. The maximum atomic E-state index is 5.83. The van der Waals surface area contributed by atoms with Crippen molar-refractivity contribution in [2.24, 2.45) is 5.73 Å². The van der Waals surface area contributed by atoms with Crippen LogP contribution in [0.2, 0.25) is 0 Å². The van der Waals surface area contributed by atoms with Gasteiger partial charge in [0.15, 0.2) is 0 Å². The van der Waals surface area contributed by atoms with Crippen molar-refractivity contribution < 1.29 is 0 Å². The first kappa shape index (κ1) is 12.3. The molecule has 0 saturated heterocycles. The van der Waals surface area contributed by atoms with Crippen LogP contribution >= 0.6 is 0 Å². The van der Waals surface area contributed by atoms with Crippen molar-refractivity contribution in [3.63, 3.8) is 0 Å². The number of hydrogen-bond donors (Lipinski definition) is 1. The summed E-state index contributed by atoms with van der Waals surface area (Å²) >= 11 is 0. The molecule has 0 radical (unpaired) electrons. The van der Waals surface area contributed by atoms with Crippen LogP contribution in [-0.4, -0.2) is 6.04 Å². The van der Waals surface area contributed by atoms with Gasteiger partial charge in [0.05, 0.1) is 0 Å². The highest BCUT2D eigenvalue weighted by molar-refractivity contribution is 5.26. The summed E-state index contributed by atoms with van der Waals surface area (Å²) in [5.74, 6) is 0.571. The Labute approximate surface area is 93.7 Å². The van der Waals surface area contributed by atoms with E-state index >= 15 is 0 Å². The summed E-state index contributed by atoms with van der Waals surface area (Å²) in [6.07, 6.45) is 3.46. The summed E-state index contributed by atoms with van der Waals surface area (Å²) in [4.78, 5) is 0. The normalized spacial score (nSPS) is 14.9. The maximum Gasteiger partial charge on any atom is 0.00162 e. The fraction of sp³-hybridized carbons (Fsp3) is 0.571. The summed E-state index contributed by atoms with van der Waals surface area (Å²) in [5, 5.41) is 0. The summed E-state index contributed by atoms with van der Waals surface area (Å²) in [7, 11) is 0. The first-order valence-electron chi connectivity index (χ1n) is 5.98. The largest absolute Gasteiger partial charge is 0.328 e. The lowest BCUT2D eigenvalue weighted by molar-refractivity contribution is 0.585. The van der Waals surface area contributed by atoms with E-state index in [1.807, 2.05) is 0 Å². The third-order valence-corrected chi connectivity index (χ3v) is 2.78. The van der Waals surface area contributed by atoms with Gasteiger partial charge in [0.25, 0.3) is 0 Å². The van der Waals surface area contributed by atoms with E-state index in [9.17, 15) is 0 Å². The molecule has 1 nitrogen and oxygen atoms in total. The van der Waals surface area contributed by atoms with Gasteiger partial charge in [-0.05, 0) is 36.8 Å². The second-order valence-corrected chi connectivity index (χ2v) is 4.61. The molecule has 0 heterocycles. The third-order valence-electron chi connectivity index (χ3n) is 2.78. The first-order valence-corrected chi connectivity index (χ1v) is 5.98. The highest BCUT2D eigenvalue weighted by atomic mass is 14.6. The van der Waals surface area contributed by atoms with E-state index in [4.69, 9.17) is 5.73 Å². The lowest BCUT2D eigenvalue weighted by Gasteiger charge is -2.15. The molecular formula is C14H23N. The van der Waals surface area contributed by atoms with Crippen LogP contribution in [0.25, 0.3) is 0 Å². The highest BCUT2D eigenvalue weighted by Crippen LogP contribution is 2.21. The number of aryl methyl sites for hydroxylation is 1. The van der Waals surface area contributed by atoms with E-state index < -0.39 is 0 Å². The predicted molar refractivity (Wildman–Crippen MR) is 67.1 cm³/mol. The van der Waals surface area contributed by atoms with Gasteiger partial charge in [0, 0.05) is 6.04 Å². The standard InChI is InChI=1S/C14H23N/c1-4-6-13-7-5-8-14(10-13)11(2)9-12(3)15/h5,7-8,10-12H,4,6,9,15H2,1-3H3. The zero-order chi connectivity index (χ0) is 11.3. The first-order chi connectivity index (χ1) is 7.13. The molecule has 0 fully saturated rings. The Morgan fingerprint density at radius 3 is 2.60 bits per heavy atom. The zero-order valence-corrected chi connectivity index (χ0v) is 10.2. The molecule has 15 heavy (non-hydrogen) atoms. The van der Waals surface area contributed by atoms with Crippen LogP contribution in [0.3, 0.4) is 0 Å². The number of benzene rings is 1. The molecule has 0 bridgehead atoms. The fourth-order valence-electron chi connectivity index (χ4n) is 2.04. The van der Waals surface area contributed by atoms with E-state index in [0.29, 0.717) is 5.92 Å². The summed E-state index contributed by atoms with van der Waals surface area (Å²) in [6, 6.07) is 9.21. The van der Waals surface area contributed by atoms with E-state index in [-0.39, 0.29) is 6.04 Å². The van der Waals surface area contributed by atoms with Gasteiger partial charge in [0.1, 0.15) is 0 Å². The van der Waals surface area contributed by atoms with Crippen LogP contribution in [-0.2, 0) is 6.42 Å². The molecular weight excluding hydrogens is 182 g/mol. The minimum atomic E-state index is 0.287. The molecule has 2 atom stereocenters. The Hall–Kier alpha value is -0.820. The third kappa shape index (κ3) is 4.05. The van der Waals surface area contributed by atoms with Crippen LogP contribution in [0.4, 0.5) is 0 Å². The smallest absolute Gasteiger partial charge is 0.00162 e. The summed E-state index contributed by atoms with van der Waals surface area (Å²) in [6.45, 7) is 6.55. The molecule has 1 rings (SSSR count). The minimum absolute atomic E-state index is 0.287. The molecule has 1 aromatic carbocycles. The molecule has 0 aliphatic carbocycles. The van der Waals surface area contributed by atoms with Crippen molar-refractivity contribution >= 4 is 0 Å². The Bertz CT molecular complexity index is 291. The van der Waals surface area contributed by atoms with E-state index in [0.717, 1.165) is 6.42 Å². The average molecular weight is 205 g/mol. The Kier molecular flexibility index (Phi) is 4.83. The maximum absolute atomic E-state index is 5.83. The van der Waals surface area contributed by atoms with Gasteiger partial charge in [-0.25, -0.2) is 0 Å². The Morgan fingerprint density at radius 2 is 2.00 bits per heavy atom. The van der Waals surface area contributed by atoms with Gasteiger partial charge in [-0.3, -0.25) is 0 Å². The second kappa shape index (κ2) is 5.92. The average Bonchev–Trinajstić information content (AvgIpc) is 2.17. The van der Waals surface area contributed by atoms with Crippen molar-refractivity contribution in [2.75, 3.05) is 0 Å². The number of hydrogen-bond acceptors (Lipinski definition) is 1. The quantitative estimate of drug-likeness (QED) is 0.782. The van der Waals surface area contributed by atoms with Gasteiger partial charge < -0.3 is 5.73 Å². The number of nitrogens with two attached hydrogens (primary N) is 1. The van der Waals surface area contributed by atoms with Gasteiger partial charge in [0.2, 0.25) is 0 Å². The molecule has 0 aliphatic rings. The monoisotopic (exact) mass is 205 g/mol. The van der Waals surface area contributed by atoms with Crippen molar-refractivity contribution in [1.29, 1.82) is 0 Å². The second-order valence-electron chi connectivity index (χ2n) is 4.61. The molecule has 0 spiro atoms. The van der Waals surface area contributed by atoms with Crippen molar-refractivity contribution in [3.05, 3.63) is 35.4 Å². The van der Waals surface area contributed by atoms with Gasteiger partial charge in [-0.15, -0.1) is 0 Å². The molecule has 1 heteroatoms. The molecule has 84 valence electrons. The Balaban J connectivity index is 2.71. The lowest BCUT2D eigenvalue weighted by Crippen LogP contribution is -2.17. The van der Waals surface area contributed by atoms with Gasteiger partial charge in [-0.1, -0.05) is 44.5 Å². The lowest BCUT2D eigenvalue weighted by atomic mass is 9.93. The van der Waals surface area contributed by atoms with Crippen molar-refractivity contribution in [1.82, 2.24) is 0 Å². The predicted octanol–water partition coefficient (Wildman–Crippen LogP) is 3.48. The van der Waals surface area contributed by atoms with Crippen LogP contribution in [0, 0.1) is 0 Å². The van der Waals surface area contributed by atoms with Crippen LogP contribution in [0.15, 0.2) is 24.3 Å². The van der Waals surface area contributed by atoms with Crippen LogP contribution < -0.4 is 5.73 Å². The molecule has 0 aliphatic heterocycles. The zero-order valence-electron chi connectivity index (χ0n) is 10.2. The van der Waals surface area contributed by atoms with Gasteiger partial charge in [-0.2, -0.15) is 0 Å².